The number of fused-ring (bicyclic) bond motifs is 5. The first-order chi connectivity index (χ1) is 12.1. The first-order valence-electron chi connectivity index (χ1n) is 9.12. The molecule has 1 aromatic carbocycles. The Kier molecular flexibility index (Phi) is 3.97. The summed E-state index contributed by atoms with van der Waals surface area (Å²) in [6.45, 7) is 2.36. The highest BCUT2D eigenvalue weighted by atomic mass is 16.6. The van der Waals surface area contributed by atoms with E-state index in [4.69, 9.17) is 9.68 Å². The fraction of sp³-hybridized carbons (Fsp3) is 0.600. The van der Waals surface area contributed by atoms with Gasteiger partial charge in [0.1, 0.15) is 20.0 Å². The van der Waals surface area contributed by atoms with E-state index in [2.05, 4.69) is 23.3 Å². The predicted octanol–water partition coefficient (Wildman–Crippen LogP) is 4.06. The van der Waals surface area contributed by atoms with Gasteiger partial charge >= 0.3 is 0 Å². The van der Waals surface area contributed by atoms with E-state index < -0.39 is 0 Å². The molecule has 0 radical (unpaired) electrons. The second kappa shape index (κ2) is 6.04. The Balaban J connectivity index is 1.77. The smallest absolute Gasteiger partial charge is 0.116 e. The van der Waals surface area contributed by atoms with Gasteiger partial charge in [-0.1, -0.05) is 23.3 Å². The summed E-state index contributed by atoms with van der Waals surface area (Å²) < 4.78 is 0. The molecule has 0 spiro atoms. The molecule has 5 nitrogen and oxygen atoms in total. The summed E-state index contributed by atoms with van der Waals surface area (Å²) in [6.07, 6.45) is 5.36. The van der Waals surface area contributed by atoms with Crippen molar-refractivity contribution < 1.29 is 14.8 Å². The first-order valence-corrected chi connectivity index (χ1v) is 9.12. The lowest BCUT2D eigenvalue weighted by Gasteiger charge is -2.48. The fourth-order valence-electron chi connectivity index (χ4n) is 5.65. The number of nitrogens with zero attached hydrogens (tertiary/aromatic N) is 2. The van der Waals surface area contributed by atoms with Gasteiger partial charge in [-0.15, -0.1) is 0 Å². The van der Waals surface area contributed by atoms with Crippen molar-refractivity contribution in [2.75, 3.05) is 14.2 Å². The number of oxime groups is 2. The fourth-order valence-corrected chi connectivity index (χ4v) is 5.65. The van der Waals surface area contributed by atoms with Gasteiger partial charge in [-0.3, -0.25) is 0 Å². The summed E-state index contributed by atoms with van der Waals surface area (Å²) in [7, 11) is 3.23. The minimum absolute atomic E-state index is 0.129. The molecule has 2 fully saturated rings. The molecule has 4 rings (SSSR count). The lowest BCUT2D eigenvalue weighted by atomic mass is 9.55. The number of benzene rings is 1. The Labute approximate surface area is 148 Å². The van der Waals surface area contributed by atoms with E-state index in [0.29, 0.717) is 17.8 Å². The van der Waals surface area contributed by atoms with Gasteiger partial charge in [0.25, 0.3) is 0 Å². The average molecular weight is 342 g/mol. The van der Waals surface area contributed by atoms with Crippen molar-refractivity contribution in [2.45, 2.75) is 44.9 Å². The van der Waals surface area contributed by atoms with Crippen molar-refractivity contribution in [1.29, 1.82) is 0 Å². The second-order valence-corrected chi connectivity index (χ2v) is 7.79. The highest BCUT2D eigenvalue weighted by Crippen LogP contribution is 2.60. The summed E-state index contributed by atoms with van der Waals surface area (Å²) in [6, 6.07) is 5.71. The lowest BCUT2D eigenvalue weighted by Crippen LogP contribution is -2.43. The minimum Gasteiger partial charge on any atom is -0.508 e. The van der Waals surface area contributed by atoms with Gasteiger partial charge in [0.05, 0.1) is 11.4 Å². The molecule has 134 valence electrons. The van der Waals surface area contributed by atoms with E-state index in [-0.39, 0.29) is 11.2 Å². The molecule has 3 aliphatic carbocycles. The lowest BCUT2D eigenvalue weighted by molar-refractivity contribution is 0.105. The molecule has 2 saturated carbocycles. The number of phenolic OH excluding ortho intramolecular Hbond substituents is 1. The van der Waals surface area contributed by atoms with Crippen LogP contribution >= 0.6 is 0 Å². The van der Waals surface area contributed by atoms with Crippen LogP contribution in [0.3, 0.4) is 0 Å². The summed E-state index contributed by atoms with van der Waals surface area (Å²) in [4.78, 5) is 10.2. The standard InChI is InChI=1S/C20H26N2O3/c1-20-9-8-14-13-5-4-12(23)10-16(13)18(21-24-2)11-15(14)17(20)6-7-19(20)22-25-3/h4-5,10,14-15,17,23H,6-9,11H2,1-3H3/b21-18-,22-19-/t14-,15-,17+,20+/m1/s1. The molecule has 5 heteroatoms. The van der Waals surface area contributed by atoms with Gasteiger partial charge in [0.2, 0.25) is 0 Å². The van der Waals surface area contributed by atoms with Gasteiger partial charge in [-0.2, -0.15) is 0 Å². The first kappa shape index (κ1) is 16.4. The highest BCUT2D eigenvalue weighted by Gasteiger charge is 2.54. The van der Waals surface area contributed by atoms with Crippen LogP contribution in [0, 0.1) is 17.3 Å². The van der Waals surface area contributed by atoms with Gasteiger partial charge in [-0.25, -0.2) is 0 Å². The van der Waals surface area contributed by atoms with Crippen LogP contribution in [-0.4, -0.2) is 30.7 Å². The normalized spacial score (nSPS) is 36.7. The second-order valence-electron chi connectivity index (χ2n) is 7.79. The largest absolute Gasteiger partial charge is 0.508 e. The minimum atomic E-state index is 0.129. The monoisotopic (exact) mass is 342 g/mol. The van der Waals surface area contributed by atoms with Crippen molar-refractivity contribution in [3.8, 4) is 5.75 Å². The van der Waals surface area contributed by atoms with Gasteiger partial charge in [-0.05, 0) is 67.6 Å². The van der Waals surface area contributed by atoms with Crippen LogP contribution in [0.5, 0.6) is 5.75 Å². The maximum atomic E-state index is 9.93. The third-order valence-corrected chi connectivity index (χ3v) is 6.76. The summed E-state index contributed by atoms with van der Waals surface area (Å²) in [5.41, 5.74) is 4.67. The number of phenols is 1. The van der Waals surface area contributed by atoms with Crippen molar-refractivity contribution >= 4 is 11.4 Å². The Morgan fingerprint density at radius 3 is 2.72 bits per heavy atom. The van der Waals surface area contributed by atoms with Crippen molar-refractivity contribution in [1.82, 2.24) is 0 Å². The third kappa shape index (κ3) is 2.43. The number of rotatable bonds is 2. The SMILES string of the molecule is CO/N=C1/C[C@@H]2[C@H](CC[C@]3(C)/C(=N\OC)CC[C@@H]23)c2ccc(O)cc21. The molecule has 0 bridgehead atoms. The zero-order valence-corrected chi connectivity index (χ0v) is 15.2. The number of hydrogen-bond donors (Lipinski definition) is 1. The van der Waals surface area contributed by atoms with E-state index in [1.54, 1.807) is 20.3 Å². The maximum Gasteiger partial charge on any atom is 0.116 e. The Morgan fingerprint density at radius 1 is 1.16 bits per heavy atom. The molecule has 0 aromatic heterocycles. The van der Waals surface area contributed by atoms with Gasteiger partial charge < -0.3 is 14.8 Å². The van der Waals surface area contributed by atoms with Crippen LogP contribution in [-0.2, 0) is 9.68 Å². The molecule has 1 N–H and O–H groups in total. The van der Waals surface area contributed by atoms with Crippen LogP contribution in [0.2, 0.25) is 0 Å². The molecule has 0 heterocycles. The van der Waals surface area contributed by atoms with Crippen LogP contribution in [0.1, 0.15) is 56.1 Å². The molecular formula is C20H26N2O3. The van der Waals surface area contributed by atoms with E-state index in [0.717, 1.165) is 43.4 Å². The zero-order valence-electron chi connectivity index (χ0n) is 15.2. The topological polar surface area (TPSA) is 63.4 Å². The summed E-state index contributed by atoms with van der Waals surface area (Å²) in [5, 5.41) is 18.6. The predicted molar refractivity (Wildman–Crippen MR) is 97.0 cm³/mol. The van der Waals surface area contributed by atoms with E-state index in [1.807, 2.05) is 6.07 Å². The van der Waals surface area contributed by atoms with E-state index in [9.17, 15) is 5.11 Å². The molecule has 0 unspecified atom stereocenters. The Hall–Kier alpha value is -2.04. The molecule has 25 heavy (non-hydrogen) atoms. The number of hydrogen-bond acceptors (Lipinski definition) is 5. The Morgan fingerprint density at radius 2 is 1.96 bits per heavy atom. The van der Waals surface area contributed by atoms with Crippen molar-refractivity contribution in [2.24, 2.45) is 27.6 Å². The van der Waals surface area contributed by atoms with Crippen LogP contribution < -0.4 is 0 Å². The average Bonchev–Trinajstić information content (AvgIpc) is 2.93. The number of aromatic hydroxyl groups is 1. The third-order valence-electron chi connectivity index (χ3n) is 6.76. The van der Waals surface area contributed by atoms with Crippen LogP contribution in [0.4, 0.5) is 0 Å². The molecule has 3 aliphatic rings. The van der Waals surface area contributed by atoms with Gasteiger partial charge in [0.15, 0.2) is 0 Å². The zero-order chi connectivity index (χ0) is 17.6. The maximum absolute atomic E-state index is 9.93. The molecule has 0 saturated heterocycles. The van der Waals surface area contributed by atoms with E-state index >= 15 is 0 Å². The Bertz CT molecular complexity index is 742. The molecule has 1 aromatic rings. The van der Waals surface area contributed by atoms with Crippen molar-refractivity contribution in [3.63, 3.8) is 0 Å². The molecule has 4 atom stereocenters. The van der Waals surface area contributed by atoms with Crippen LogP contribution in [0.15, 0.2) is 28.5 Å². The quantitative estimate of drug-likeness (QED) is 0.825. The van der Waals surface area contributed by atoms with Crippen molar-refractivity contribution in [3.05, 3.63) is 29.3 Å². The molecular weight excluding hydrogens is 316 g/mol. The highest BCUT2D eigenvalue weighted by molar-refractivity contribution is 6.03. The van der Waals surface area contributed by atoms with Gasteiger partial charge in [0, 0.05) is 11.0 Å². The van der Waals surface area contributed by atoms with E-state index in [1.165, 1.54) is 11.3 Å². The summed E-state index contributed by atoms with van der Waals surface area (Å²) in [5.74, 6) is 1.93. The van der Waals surface area contributed by atoms with Crippen LogP contribution in [0.25, 0.3) is 0 Å². The molecule has 0 aliphatic heterocycles. The summed E-state index contributed by atoms with van der Waals surface area (Å²) >= 11 is 0. The molecule has 0 amide bonds.